The highest BCUT2D eigenvalue weighted by Crippen LogP contribution is 2.17. The van der Waals surface area contributed by atoms with Crippen molar-refractivity contribution in [1.82, 2.24) is 9.80 Å². The molecule has 0 aliphatic carbocycles. The van der Waals surface area contributed by atoms with E-state index in [2.05, 4.69) is 25.8 Å². The van der Waals surface area contributed by atoms with Crippen LogP contribution in [0.15, 0.2) is 33.7 Å². The number of nitrogens with zero attached hydrogens (tertiary/aromatic N) is 3. The zero-order valence-electron chi connectivity index (χ0n) is 13.4. The predicted molar refractivity (Wildman–Crippen MR) is 101 cm³/mol. The molecule has 0 aromatic heterocycles. The number of aliphatic imine (C=N–C) groups is 1. The van der Waals surface area contributed by atoms with Gasteiger partial charge < -0.3 is 15.5 Å². The van der Waals surface area contributed by atoms with Crippen LogP contribution in [0.3, 0.4) is 0 Å². The summed E-state index contributed by atoms with van der Waals surface area (Å²) in [6.45, 7) is 2.91. The average molecular weight is 399 g/mol. The Bertz CT molecular complexity index is 561. The van der Waals surface area contributed by atoms with E-state index >= 15 is 0 Å². The van der Waals surface area contributed by atoms with Crippen molar-refractivity contribution >= 4 is 39.6 Å². The molecular formula is C16H23BrN4OS. The molecule has 1 saturated heterocycles. The first kappa shape index (κ1) is 18.1. The summed E-state index contributed by atoms with van der Waals surface area (Å²) in [6, 6.07) is 7.93. The van der Waals surface area contributed by atoms with Gasteiger partial charge in [0.2, 0.25) is 5.91 Å². The topological polar surface area (TPSA) is 61.9 Å². The molecule has 1 aliphatic rings. The summed E-state index contributed by atoms with van der Waals surface area (Å²) in [5, 5.41) is 0. The number of amides is 1. The molecule has 126 valence electrons. The molecule has 1 aromatic carbocycles. The van der Waals surface area contributed by atoms with E-state index in [-0.39, 0.29) is 5.91 Å². The first-order valence-electron chi connectivity index (χ1n) is 7.68. The lowest BCUT2D eigenvalue weighted by Crippen LogP contribution is -2.42. The van der Waals surface area contributed by atoms with Crippen molar-refractivity contribution in [1.29, 1.82) is 0 Å². The SMILES string of the molecule is CN(Cc1ccccc1Br)C(=O)CCN=C(N)N1CCSCC1. The van der Waals surface area contributed by atoms with Gasteiger partial charge in [-0.05, 0) is 11.6 Å². The molecule has 2 rings (SSSR count). The van der Waals surface area contributed by atoms with Gasteiger partial charge in [-0.15, -0.1) is 0 Å². The van der Waals surface area contributed by atoms with E-state index in [1.807, 2.05) is 43.1 Å². The molecule has 1 heterocycles. The van der Waals surface area contributed by atoms with Crippen molar-refractivity contribution in [2.75, 3.05) is 38.2 Å². The van der Waals surface area contributed by atoms with Gasteiger partial charge in [0.15, 0.2) is 5.96 Å². The highest BCUT2D eigenvalue weighted by molar-refractivity contribution is 9.10. The molecule has 0 radical (unpaired) electrons. The molecule has 1 aromatic rings. The summed E-state index contributed by atoms with van der Waals surface area (Å²) in [5.74, 6) is 2.81. The van der Waals surface area contributed by atoms with E-state index < -0.39 is 0 Å². The van der Waals surface area contributed by atoms with Crippen molar-refractivity contribution < 1.29 is 4.79 Å². The first-order valence-corrected chi connectivity index (χ1v) is 9.62. The van der Waals surface area contributed by atoms with E-state index in [4.69, 9.17) is 5.73 Å². The first-order chi connectivity index (χ1) is 11.1. The van der Waals surface area contributed by atoms with Crippen LogP contribution in [0, 0.1) is 0 Å². The number of rotatable bonds is 5. The van der Waals surface area contributed by atoms with Crippen molar-refractivity contribution in [2.24, 2.45) is 10.7 Å². The second-order valence-corrected chi connectivity index (χ2v) is 7.51. The Hall–Kier alpha value is -1.21. The Balaban J connectivity index is 1.78. The number of thioether (sulfide) groups is 1. The summed E-state index contributed by atoms with van der Waals surface area (Å²) in [5.41, 5.74) is 7.08. The van der Waals surface area contributed by atoms with Gasteiger partial charge >= 0.3 is 0 Å². The number of carbonyl (C=O) groups is 1. The highest BCUT2D eigenvalue weighted by Gasteiger charge is 2.13. The number of hydrogen-bond donors (Lipinski definition) is 1. The van der Waals surface area contributed by atoms with Gasteiger partial charge in [-0.2, -0.15) is 11.8 Å². The second kappa shape index (κ2) is 9.17. The van der Waals surface area contributed by atoms with E-state index in [1.165, 1.54) is 0 Å². The summed E-state index contributed by atoms with van der Waals surface area (Å²) in [6.07, 6.45) is 0.379. The van der Waals surface area contributed by atoms with E-state index in [9.17, 15) is 4.79 Å². The smallest absolute Gasteiger partial charge is 0.224 e. The van der Waals surface area contributed by atoms with Crippen molar-refractivity contribution in [2.45, 2.75) is 13.0 Å². The second-order valence-electron chi connectivity index (χ2n) is 5.43. The van der Waals surface area contributed by atoms with Crippen LogP contribution >= 0.6 is 27.7 Å². The van der Waals surface area contributed by atoms with Crippen molar-refractivity contribution in [3.8, 4) is 0 Å². The zero-order chi connectivity index (χ0) is 16.7. The van der Waals surface area contributed by atoms with Gasteiger partial charge in [0, 0.05) is 49.1 Å². The van der Waals surface area contributed by atoms with Crippen molar-refractivity contribution in [3.63, 3.8) is 0 Å². The Labute approximate surface area is 150 Å². The third-order valence-electron chi connectivity index (χ3n) is 3.73. The van der Waals surface area contributed by atoms with Gasteiger partial charge in [0.25, 0.3) is 0 Å². The lowest BCUT2D eigenvalue weighted by molar-refractivity contribution is -0.130. The van der Waals surface area contributed by atoms with Gasteiger partial charge in [0.05, 0.1) is 6.54 Å². The van der Waals surface area contributed by atoms with E-state index in [0.29, 0.717) is 25.5 Å². The fraction of sp³-hybridized carbons (Fsp3) is 0.500. The summed E-state index contributed by atoms with van der Waals surface area (Å²) in [4.78, 5) is 20.4. The number of benzene rings is 1. The number of nitrogens with two attached hydrogens (primary N) is 1. The maximum absolute atomic E-state index is 12.2. The fourth-order valence-corrected chi connectivity index (χ4v) is 3.63. The number of guanidine groups is 1. The average Bonchev–Trinajstić information content (AvgIpc) is 2.57. The van der Waals surface area contributed by atoms with Crippen LogP contribution in [-0.4, -0.2) is 59.9 Å². The Morgan fingerprint density at radius 2 is 2.09 bits per heavy atom. The predicted octanol–water partition coefficient (Wildman–Crippen LogP) is 2.16. The largest absolute Gasteiger partial charge is 0.370 e. The minimum Gasteiger partial charge on any atom is -0.370 e. The summed E-state index contributed by atoms with van der Waals surface area (Å²) < 4.78 is 1.02. The molecule has 0 unspecified atom stereocenters. The van der Waals surface area contributed by atoms with E-state index in [1.54, 1.807) is 4.90 Å². The molecule has 0 spiro atoms. The lowest BCUT2D eigenvalue weighted by atomic mass is 10.2. The lowest BCUT2D eigenvalue weighted by Gasteiger charge is -2.27. The maximum atomic E-state index is 12.2. The molecule has 0 atom stereocenters. The normalized spacial score (nSPS) is 15.6. The van der Waals surface area contributed by atoms with Crippen molar-refractivity contribution in [3.05, 3.63) is 34.3 Å². The summed E-state index contributed by atoms with van der Waals surface area (Å²) >= 11 is 5.44. The van der Waals surface area contributed by atoms with Gasteiger partial charge in [-0.1, -0.05) is 34.1 Å². The molecule has 5 nitrogen and oxygen atoms in total. The van der Waals surface area contributed by atoms with Crippen LogP contribution in [0.2, 0.25) is 0 Å². The monoisotopic (exact) mass is 398 g/mol. The van der Waals surface area contributed by atoms with Gasteiger partial charge in [-0.3, -0.25) is 9.79 Å². The zero-order valence-corrected chi connectivity index (χ0v) is 15.8. The molecule has 1 amide bonds. The Kier molecular flexibility index (Phi) is 7.23. The molecule has 1 fully saturated rings. The molecule has 0 saturated carbocycles. The third-order valence-corrected chi connectivity index (χ3v) is 5.44. The quantitative estimate of drug-likeness (QED) is 0.609. The standard InChI is InChI=1S/C16H23BrN4OS/c1-20(12-13-4-2-3-5-14(13)17)15(22)6-7-19-16(18)21-8-10-23-11-9-21/h2-5H,6-12H2,1H3,(H2,18,19). The third kappa shape index (κ3) is 5.73. The van der Waals surface area contributed by atoms with Crippen LogP contribution in [0.25, 0.3) is 0 Å². The fourth-order valence-electron chi connectivity index (χ4n) is 2.32. The van der Waals surface area contributed by atoms with Gasteiger partial charge in [-0.25, -0.2) is 0 Å². The molecule has 23 heavy (non-hydrogen) atoms. The van der Waals surface area contributed by atoms with Crippen LogP contribution in [-0.2, 0) is 11.3 Å². The van der Waals surface area contributed by atoms with E-state index in [0.717, 1.165) is 34.6 Å². The molecule has 2 N–H and O–H groups in total. The Morgan fingerprint density at radius 1 is 1.39 bits per heavy atom. The molecule has 1 aliphatic heterocycles. The van der Waals surface area contributed by atoms with Crippen LogP contribution < -0.4 is 5.73 Å². The molecule has 7 heteroatoms. The van der Waals surface area contributed by atoms with Gasteiger partial charge in [0.1, 0.15) is 0 Å². The minimum atomic E-state index is 0.0755. The summed E-state index contributed by atoms with van der Waals surface area (Å²) in [7, 11) is 1.82. The number of carbonyl (C=O) groups excluding carboxylic acids is 1. The number of hydrogen-bond acceptors (Lipinski definition) is 3. The highest BCUT2D eigenvalue weighted by atomic mass is 79.9. The Morgan fingerprint density at radius 3 is 2.78 bits per heavy atom. The minimum absolute atomic E-state index is 0.0755. The van der Waals surface area contributed by atoms with Crippen LogP contribution in [0.5, 0.6) is 0 Å². The molecule has 0 bridgehead atoms. The van der Waals surface area contributed by atoms with Crippen LogP contribution in [0.4, 0.5) is 0 Å². The maximum Gasteiger partial charge on any atom is 0.224 e. The molecular weight excluding hydrogens is 376 g/mol. The number of halogens is 1. The van der Waals surface area contributed by atoms with Crippen LogP contribution in [0.1, 0.15) is 12.0 Å².